The van der Waals surface area contributed by atoms with Gasteiger partial charge in [0.25, 0.3) is 0 Å². The van der Waals surface area contributed by atoms with Gasteiger partial charge < -0.3 is 10.6 Å². The van der Waals surface area contributed by atoms with Crippen molar-refractivity contribution >= 4 is 43.5 Å². The molecule has 0 aliphatic carbocycles. The second-order valence-electron chi connectivity index (χ2n) is 5.38. The van der Waals surface area contributed by atoms with Crippen LogP contribution in [-0.4, -0.2) is 19.0 Å². The van der Waals surface area contributed by atoms with Crippen molar-refractivity contribution in [3.8, 4) is 0 Å². The van der Waals surface area contributed by atoms with E-state index in [1.165, 1.54) is 12.8 Å². The summed E-state index contributed by atoms with van der Waals surface area (Å²) in [5.74, 6) is 0.778. The molecule has 0 unspecified atom stereocenters. The Morgan fingerprint density at radius 1 is 1.30 bits per heavy atom. The largest absolute Gasteiger partial charge is 0.324 e. The molecule has 1 aromatic carbocycles. The monoisotopic (exact) mass is 402 g/mol. The van der Waals surface area contributed by atoms with Gasteiger partial charge in [-0.3, -0.25) is 4.79 Å². The summed E-state index contributed by atoms with van der Waals surface area (Å²) >= 11 is 7.00. The van der Waals surface area contributed by atoms with E-state index in [0.29, 0.717) is 12.3 Å². The number of amides is 1. The molecule has 1 aliphatic heterocycles. The lowest BCUT2D eigenvalue weighted by molar-refractivity contribution is -0.116. The number of hydrogen-bond acceptors (Lipinski definition) is 2. The molecular formula is C15H20Br2N2O. The minimum atomic E-state index is 0.0915. The summed E-state index contributed by atoms with van der Waals surface area (Å²) in [7, 11) is 0. The normalized spacial score (nSPS) is 16.1. The van der Waals surface area contributed by atoms with Crippen molar-refractivity contribution in [3.05, 3.63) is 26.6 Å². The van der Waals surface area contributed by atoms with Crippen LogP contribution in [0.25, 0.3) is 0 Å². The Bertz CT molecular complexity index is 462. The zero-order valence-corrected chi connectivity index (χ0v) is 14.8. The Labute approximate surface area is 137 Å². The molecule has 1 aromatic rings. The molecule has 1 aliphatic rings. The van der Waals surface area contributed by atoms with Crippen molar-refractivity contribution in [3.63, 3.8) is 0 Å². The van der Waals surface area contributed by atoms with Crippen LogP contribution in [0.1, 0.15) is 31.2 Å². The number of aryl methyl sites for hydroxylation is 1. The van der Waals surface area contributed by atoms with Gasteiger partial charge in [-0.05, 0) is 94.7 Å². The molecule has 1 saturated heterocycles. The molecule has 0 atom stereocenters. The molecule has 0 aromatic heterocycles. The average Bonchev–Trinajstić information content (AvgIpc) is 2.42. The van der Waals surface area contributed by atoms with Crippen molar-refractivity contribution in [1.29, 1.82) is 0 Å². The van der Waals surface area contributed by atoms with E-state index < -0.39 is 0 Å². The Morgan fingerprint density at radius 2 is 1.90 bits per heavy atom. The number of piperidine rings is 1. The first-order chi connectivity index (χ1) is 9.56. The van der Waals surface area contributed by atoms with E-state index in [1.807, 2.05) is 19.1 Å². The van der Waals surface area contributed by atoms with Crippen molar-refractivity contribution in [2.75, 3.05) is 18.4 Å². The molecule has 2 rings (SSSR count). The molecule has 20 heavy (non-hydrogen) atoms. The summed E-state index contributed by atoms with van der Waals surface area (Å²) < 4.78 is 1.83. The summed E-state index contributed by atoms with van der Waals surface area (Å²) in [5, 5.41) is 6.35. The molecular weight excluding hydrogens is 384 g/mol. The summed E-state index contributed by atoms with van der Waals surface area (Å²) in [6.45, 7) is 4.20. The van der Waals surface area contributed by atoms with Crippen LogP contribution in [0.3, 0.4) is 0 Å². The van der Waals surface area contributed by atoms with E-state index in [9.17, 15) is 4.79 Å². The first-order valence-corrected chi connectivity index (χ1v) is 8.61. The molecule has 0 spiro atoms. The van der Waals surface area contributed by atoms with E-state index in [0.717, 1.165) is 39.7 Å². The molecule has 110 valence electrons. The molecule has 0 radical (unpaired) electrons. The number of rotatable bonds is 4. The van der Waals surface area contributed by atoms with Gasteiger partial charge in [0.2, 0.25) is 5.91 Å². The van der Waals surface area contributed by atoms with Crippen LogP contribution in [0.4, 0.5) is 5.69 Å². The minimum absolute atomic E-state index is 0.0915. The van der Waals surface area contributed by atoms with E-state index in [4.69, 9.17) is 0 Å². The Balaban J connectivity index is 1.88. The van der Waals surface area contributed by atoms with Gasteiger partial charge in [-0.15, -0.1) is 0 Å². The van der Waals surface area contributed by atoms with Crippen molar-refractivity contribution in [1.82, 2.24) is 5.32 Å². The van der Waals surface area contributed by atoms with Gasteiger partial charge >= 0.3 is 0 Å². The highest BCUT2D eigenvalue weighted by atomic mass is 79.9. The van der Waals surface area contributed by atoms with E-state index >= 15 is 0 Å². The fourth-order valence-corrected chi connectivity index (χ4v) is 4.14. The highest BCUT2D eigenvalue weighted by Crippen LogP contribution is 2.32. The third kappa shape index (κ3) is 4.57. The maximum absolute atomic E-state index is 12.1. The smallest absolute Gasteiger partial charge is 0.224 e. The Kier molecular flexibility index (Phi) is 6.05. The van der Waals surface area contributed by atoms with Crippen LogP contribution in [-0.2, 0) is 4.79 Å². The van der Waals surface area contributed by atoms with E-state index in [1.54, 1.807) is 0 Å². The molecule has 1 heterocycles. The molecule has 1 amide bonds. The third-order valence-electron chi connectivity index (χ3n) is 3.69. The second-order valence-corrected chi connectivity index (χ2v) is 7.09. The topological polar surface area (TPSA) is 41.1 Å². The van der Waals surface area contributed by atoms with Gasteiger partial charge in [-0.1, -0.05) is 0 Å². The maximum Gasteiger partial charge on any atom is 0.224 e. The van der Waals surface area contributed by atoms with Gasteiger partial charge in [-0.25, -0.2) is 0 Å². The van der Waals surface area contributed by atoms with Crippen molar-refractivity contribution in [2.24, 2.45) is 5.92 Å². The molecule has 5 heteroatoms. The predicted molar refractivity (Wildman–Crippen MR) is 90.0 cm³/mol. The predicted octanol–water partition coefficient (Wildman–Crippen LogP) is 4.24. The van der Waals surface area contributed by atoms with Gasteiger partial charge in [-0.2, -0.15) is 0 Å². The number of hydrogen-bond donors (Lipinski definition) is 2. The second kappa shape index (κ2) is 7.57. The van der Waals surface area contributed by atoms with Crippen LogP contribution in [0.2, 0.25) is 0 Å². The number of carbonyl (C=O) groups excluding carboxylic acids is 1. The quantitative estimate of drug-likeness (QED) is 0.789. The number of benzene rings is 1. The van der Waals surface area contributed by atoms with Crippen LogP contribution in [0, 0.1) is 12.8 Å². The Hall–Kier alpha value is -0.390. The maximum atomic E-state index is 12.1. The molecule has 2 N–H and O–H groups in total. The third-order valence-corrected chi connectivity index (χ3v) is 4.94. The lowest BCUT2D eigenvalue weighted by Gasteiger charge is -2.22. The van der Waals surface area contributed by atoms with Crippen LogP contribution >= 0.6 is 31.9 Å². The first kappa shape index (κ1) is 16.0. The van der Waals surface area contributed by atoms with E-state index in [-0.39, 0.29) is 5.91 Å². The van der Waals surface area contributed by atoms with Gasteiger partial charge in [0.15, 0.2) is 0 Å². The van der Waals surface area contributed by atoms with Crippen molar-refractivity contribution < 1.29 is 4.79 Å². The fraction of sp³-hybridized carbons (Fsp3) is 0.533. The number of halogens is 2. The van der Waals surface area contributed by atoms with Crippen LogP contribution < -0.4 is 10.6 Å². The zero-order chi connectivity index (χ0) is 14.5. The van der Waals surface area contributed by atoms with Crippen LogP contribution in [0.5, 0.6) is 0 Å². The number of anilines is 1. The Morgan fingerprint density at radius 3 is 2.50 bits per heavy atom. The summed E-state index contributed by atoms with van der Waals surface area (Å²) in [5.41, 5.74) is 1.97. The SMILES string of the molecule is Cc1cc(Br)c(NC(=O)CCC2CCNCC2)c(Br)c1. The highest BCUT2D eigenvalue weighted by Gasteiger charge is 2.15. The van der Waals surface area contributed by atoms with E-state index in [2.05, 4.69) is 42.5 Å². The fourth-order valence-electron chi connectivity index (χ4n) is 2.53. The lowest BCUT2D eigenvalue weighted by atomic mass is 9.93. The average molecular weight is 404 g/mol. The standard InChI is InChI=1S/C15H20Br2N2O/c1-10-8-12(16)15(13(17)9-10)19-14(20)3-2-11-4-6-18-7-5-11/h8-9,11,18H,2-7H2,1H3,(H,19,20). The summed E-state index contributed by atoms with van der Waals surface area (Å²) in [4.78, 5) is 12.1. The summed E-state index contributed by atoms with van der Waals surface area (Å²) in [6.07, 6.45) is 3.95. The molecule has 0 bridgehead atoms. The van der Waals surface area contributed by atoms with Gasteiger partial charge in [0.1, 0.15) is 0 Å². The number of carbonyl (C=O) groups is 1. The minimum Gasteiger partial charge on any atom is -0.324 e. The lowest BCUT2D eigenvalue weighted by Crippen LogP contribution is -2.28. The number of nitrogens with one attached hydrogen (secondary N) is 2. The summed E-state index contributed by atoms with van der Waals surface area (Å²) in [6, 6.07) is 4.01. The van der Waals surface area contributed by atoms with Gasteiger partial charge in [0.05, 0.1) is 5.69 Å². The van der Waals surface area contributed by atoms with Gasteiger partial charge in [0, 0.05) is 15.4 Å². The molecule has 1 fully saturated rings. The zero-order valence-electron chi connectivity index (χ0n) is 11.6. The van der Waals surface area contributed by atoms with Crippen LogP contribution in [0.15, 0.2) is 21.1 Å². The highest BCUT2D eigenvalue weighted by molar-refractivity contribution is 9.11. The van der Waals surface area contributed by atoms with Crippen molar-refractivity contribution in [2.45, 2.75) is 32.6 Å². The molecule has 0 saturated carbocycles. The first-order valence-electron chi connectivity index (χ1n) is 7.02. The molecule has 3 nitrogen and oxygen atoms in total.